The number of benzene rings is 1. The molecular weight excluding hydrogens is 184 g/mol. The van der Waals surface area contributed by atoms with Gasteiger partial charge in [0.15, 0.2) is 0 Å². The van der Waals surface area contributed by atoms with E-state index < -0.39 is 17.0 Å². The van der Waals surface area contributed by atoms with Crippen molar-refractivity contribution in [3.8, 4) is 6.07 Å². The van der Waals surface area contributed by atoms with E-state index >= 15 is 0 Å². The van der Waals surface area contributed by atoms with Crippen molar-refractivity contribution in [1.29, 1.82) is 5.26 Å². The monoisotopic (exact) mass is 193 g/mol. The quantitative estimate of drug-likeness (QED) is 0.672. The Morgan fingerprint density at radius 3 is 2.43 bits per heavy atom. The molecule has 3 heteroatoms. The molecule has 14 heavy (non-hydrogen) atoms. The molecule has 0 bridgehead atoms. The molecule has 1 aromatic carbocycles. The second kappa shape index (κ2) is 2.78. The lowest BCUT2D eigenvalue weighted by atomic mass is 9.96. The summed E-state index contributed by atoms with van der Waals surface area (Å²) in [6.07, 6.45) is 1.26. The molecule has 72 valence electrons. The van der Waals surface area contributed by atoms with E-state index in [0.717, 1.165) is 12.1 Å². The molecule has 0 saturated heterocycles. The van der Waals surface area contributed by atoms with Crippen LogP contribution in [0.5, 0.6) is 0 Å². The van der Waals surface area contributed by atoms with Crippen LogP contribution in [-0.4, -0.2) is 0 Å². The van der Waals surface area contributed by atoms with E-state index in [-0.39, 0.29) is 11.1 Å². The SMILES string of the molecule is Cc1cc(F)c(C2(C#N)CC2)cc1F. The van der Waals surface area contributed by atoms with Crippen molar-refractivity contribution >= 4 is 0 Å². The minimum Gasteiger partial charge on any atom is -0.207 e. The lowest BCUT2D eigenvalue weighted by molar-refractivity contribution is 0.570. The molecule has 0 amide bonds. The molecule has 1 saturated carbocycles. The Bertz CT molecular complexity index is 428. The normalized spacial score (nSPS) is 17.6. The third-order valence-electron chi connectivity index (χ3n) is 2.73. The molecule has 1 aliphatic rings. The maximum absolute atomic E-state index is 13.4. The lowest BCUT2D eigenvalue weighted by Crippen LogP contribution is -2.07. The summed E-state index contributed by atoms with van der Waals surface area (Å²) < 4.78 is 26.6. The van der Waals surface area contributed by atoms with Gasteiger partial charge in [-0.1, -0.05) is 0 Å². The minimum atomic E-state index is -0.751. The Labute approximate surface area is 81.0 Å². The molecule has 0 aromatic heterocycles. The van der Waals surface area contributed by atoms with Gasteiger partial charge in [0.05, 0.1) is 11.5 Å². The van der Waals surface area contributed by atoms with E-state index in [9.17, 15) is 8.78 Å². The highest BCUT2D eigenvalue weighted by atomic mass is 19.1. The third-order valence-corrected chi connectivity index (χ3v) is 2.73. The Morgan fingerprint density at radius 2 is 1.93 bits per heavy atom. The van der Waals surface area contributed by atoms with E-state index in [1.54, 1.807) is 0 Å². The molecule has 0 atom stereocenters. The molecule has 1 nitrogen and oxygen atoms in total. The zero-order valence-corrected chi connectivity index (χ0v) is 7.77. The van der Waals surface area contributed by atoms with Gasteiger partial charge in [0.25, 0.3) is 0 Å². The predicted octanol–water partition coefficient (Wildman–Crippen LogP) is 2.83. The van der Waals surface area contributed by atoms with E-state index in [1.165, 1.54) is 6.92 Å². The zero-order valence-electron chi connectivity index (χ0n) is 7.77. The number of aryl methyl sites for hydroxylation is 1. The minimum absolute atomic E-state index is 0.211. The van der Waals surface area contributed by atoms with Crippen LogP contribution < -0.4 is 0 Å². The topological polar surface area (TPSA) is 23.8 Å². The molecule has 0 radical (unpaired) electrons. The Kier molecular flexibility index (Phi) is 1.81. The van der Waals surface area contributed by atoms with Crippen LogP contribution >= 0.6 is 0 Å². The summed E-state index contributed by atoms with van der Waals surface area (Å²) in [6.45, 7) is 1.51. The Balaban J connectivity index is 2.55. The van der Waals surface area contributed by atoms with Gasteiger partial charge in [-0.25, -0.2) is 8.78 Å². The zero-order chi connectivity index (χ0) is 10.3. The van der Waals surface area contributed by atoms with Crippen molar-refractivity contribution in [3.05, 3.63) is 34.9 Å². The van der Waals surface area contributed by atoms with Gasteiger partial charge < -0.3 is 0 Å². The summed E-state index contributed by atoms with van der Waals surface area (Å²) in [4.78, 5) is 0. The van der Waals surface area contributed by atoms with Crippen LogP contribution in [0, 0.1) is 29.9 Å². The molecule has 2 rings (SSSR count). The van der Waals surface area contributed by atoms with Gasteiger partial charge in [0.1, 0.15) is 11.6 Å². The summed E-state index contributed by atoms with van der Waals surface area (Å²) >= 11 is 0. The van der Waals surface area contributed by atoms with Crippen molar-refractivity contribution in [1.82, 2.24) is 0 Å². The van der Waals surface area contributed by atoms with Gasteiger partial charge in [0, 0.05) is 5.56 Å². The highest BCUT2D eigenvalue weighted by Crippen LogP contribution is 2.48. The number of nitrogens with zero attached hydrogens (tertiary/aromatic N) is 1. The fraction of sp³-hybridized carbons (Fsp3) is 0.364. The second-order valence-corrected chi connectivity index (χ2v) is 3.78. The molecular formula is C11H9F2N. The standard InChI is InChI=1S/C11H9F2N/c1-7-4-10(13)8(5-9(7)12)11(6-14)2-3-11/h4-5H,2-3H2,1H3. The summed E-state index contributed by atoms with van der Waals surface area (Å²) in [5.74, 6) is -0.911. The van der Waals surface area contributed by atoms with E-state index in [2.05, 4.69) is 0 Å². The van der Waals surface area contributed by atoms with Crippen LogP contribution in [0.15, 0.2) is 12.1 Å². The van der Waals surface area contributed by atoms with Gasteiger partial charge in [-0.15, -0.1) is 0 Å². The maximum Gasteiger partial charge on any atom is 0.128 e. The van der Waals surface area contributed by atoms with Crippen LogP contribution in [-0.2, 0) is 5.41 Å². The van der Waals surface area contributed by atoms with E-state index in [0.29, 0.717) is 12.8 Å². The van der Waals surface area contributed by atoms with E-state index in [4.69, 9.17) is 5.26 Å². The fourth-order valence-electron chi connectivity index (χ4n) is 1.58. The Morgan fingerprint density at radius 1 is 1.29 bits per heavy atom. The first kappa shape index (κ1) is 9.14. The molecule has 0 aliphatic heterocycles. The van der Waals surface area contributed by atoms with Crippen LogP contribution in [0.3, 0.4) is 0 Å². The van der Waals surface area contributed by atoms with Crippen LogP contribution in [0.2, 0.25) is 0 Å². The smallest absolute Gasteiger partial charge is 0.128 e. The summed E-state index contributed by atoms with van der Waals surface area (Å²) in [5, 5.41) is 8.86. The number of hydrogen-bond donors (Lipinski definition) is 0. The van der Waals surface area contributed by atoms with Crippen molar-refractivity contribution in [2.75, 3.05) is 0 Å². The average molecular weight is 193 g/mol. The third kappa shape index (κ3) is 1.19. The maximum atomic E-state index is 13.4. The van der Waals surface area contributed by atoms with Crippen molar-refractivity contribution in [2.24, 2.45) is 0 Å². The first-order valence-electron chi connectivity index (χ1n) is 4.46. The van der Waals surface area contributed by atoms with Gasteiger partial charge >= 0.3 is 0 Å². The molecule has 0 unspecified atom stereocenters. The molecule has 0 spiro atoms. The summed E-state index contributed by atoms with van der Waals surface area (Å²) in [6, 6.07) is 4.36. The van der Waals surface area contributed by atoms with Crippen molar-refractivity contribution in [2.45, 2.75) is 25.2 Å². The van der Waals surface area contributed by atoms with Gasteiger partial charge in [-0.05, 0) is 37.5 Å². The fourth-order valence-corrected chi connectivity index (χ4v) is 1.58. The molecule has 1 aliphatic carbocycles. The average Bonchev–Trinajstić information content (AvgIpc) is 2.92. The van der Waals surface area contributed by atoms with E-state index in [1.807, 2.05) is 6.07 Å². The molecule has 1 fully saturated rings. The number of rotatable bonds is 1. The van der Waals surface area contributed by atoms with Crippen LogP contribution in [0.4, 0.5) is 8.78 Å². The lowest BCUT2D eigenvalue weighted by Gasteiger charge is -2.08. The first-order chi connectivity index (χ1) is 6.59. The number of hydrogen-bond acceptors (Lipinski definition) is 1. The van der Waals surface area contributed by atoms with Crippen molar-refractivity contribution in [3.63, 3.8) is 0 Å². The largest absolute Gasteiger partial charge is 0.207 e. The number of nitriles is 1. The highest BCUT2D eigenvalue weighted by molar-refractivity contribution is 5.41. The van der Waals surface area contributed by atoms with Gasteiger partial charge in [0.2, 0.25) is 0 Å². The molecule has 0 N–H and O–H groups in total. The molecule has 1 aromatic rings. The molecule has 0 heterocycles. The van der Waals surface area contributed by atoms with Crippen LogP contribution in [0.25, 0.3) is 0 Å². The predicted molar refractivity (Wildman–Crippen MR) is 47.6 cm³/mol. The van der Waals surface area contributed by atoms with Gasteiger partial charge in [-0.3, -0.25) is 0 Å². The van der Waals surface area contributed by atoms with Crippen molar-refractivity contribution < 1.29 is 8.78 Å². The first-order valence-corrected chi connectivity index (χ1v) is 4.46. The number of halogens is 2. The summed E-state index contributed by atoms with van der Waals surface area (Å²) in [5.41, 5.74) is -0.262. The van der Waals surface area contributed by atoms with Crippen LogP contribution in [0.1, 0.15) is 24.0 Å². The van der Waals surface area contributed by atoms with Gasteiger partial charge in [-0.2, -0.15) is 5.26 Å². The summed E-state index contributed by atoms with van der Waals surface area (Å²) in [7, 11) is 0. The Hall–Kier alpha value is -1.43. The highest BCUT2D eigenvalue weighted by Gasteiger charge is 2.47. The second-order valence-electron chi connectivity index (χ2n) is 3.78.